The molecule has 0 aromatic heterocycles. The van der Waals surface area contributed by atoms with Crippen molar-refractivity contribution in [2.75, 3.05) is 0 Å². The van der Waals surface area contributed by atoms with E-state index in [9.17, 15) is 18.3 Å². The summed E-state index contributed by atoms with van der Waals surface area (Å²) in [7, 11) is 0. The Morgan fingerprint density at radius 3 is 2.30 bits per heavy atom. The Morgan fingerprint density at radius 1 is 1.00 bits per heavy atom. The first-order valence-electron chi connectivity index (χ1n) is 7.92. The van der Waals surface area contributed by atoms with Crippen LogP contribution in [0, 0.1) is 11.8 Å². The fraction of sp³-hybridized carbons (Fsp3) is 0.875. The van der Waals surface area contributed by atoms with Gasteiger partial charge in [0, 0.05) is 0 Å². The van der Waals surface area contributed by atoms with E-state index in [1.165, 1.54) is 12.8 Å². The van der Waals surface area contributed by atoms with Crippen LogP contribution >= 0.6 is 0 Å². The van der Waals surface area contributed by atoms with E-state index in [0.717, 1.165) is 31.3 Å². The molecular weight excluding hydrogens is 265 g/mol. The summed E-state index contributed by atoms with van der Waals surface area (Å²) in [4.78, 5) is 0. The van der Waals surface area contributed by atoms with Gasteiger partial charge in [0.2, 0.25) is 0 Å². The summed E-state index contributed by atoms with van der Waals surface area (Å²) >= 11 is 0. The minimum absolute atomic E-state index is 0.0271. The van der Waals surface area contributed by atoms with Crippen molar-refractivity contribution >= 4 is 0 Å². The Balaban J connectivity index is 1.89. The van der Waals surface area contributed by atoms with Gasteiger partial charge in [-0.3, -0.25) is 0 Å². The summed E-state index contributed by atoms with van der Waals surface area (Å²) in [6, 6.07) is 0. The van der Waals surface area contributed by atoms with Crippen LogP contribution in [0.1, 0.15) is 64.2 Å². The van der Waals surface area contributed by atoms with Crippen LogP contribution in [0.25, 0.3) is 0 Å². The largest absolute Gasteiger partial charge is 0.391 e. The fourth-order valence-electron chi connectivity index (χ4n) is 3.55. The molecule has 116 valence electrons. The summed E-state index contributed by atoms with van der Waals surface area (Å²) in [5, 5.41) is 10.5. The monoisotopic (exact) mass is 290 g/mol. The Morgan fingerprint density at radius 2 is 1.65 bits per heavy atom. The lowest BCUT2D eigenvalue weighted by Crippen LogP contribution is -2.32. The third-order valence-electron chi connectivity index (χ3n) is 4.89. The zero-order chi connectivity index (χ0) is 14.6. The molecule has 1 atom stereocenters. The molecule has 1 fully saturated rings. The molecule has 0 aliphatic heterocycles. The Kier molecular flexibility index (Phi) is 5.53. The quantitative estimate of drug-likeness (QED) is 0.710. The van der Waals surface area contributed by atoms with Gasteiger partial charge in [0.05, 0.1) is 12.0 Å². The lowest BCUT2D eigenvalue weighted by atomic mass is 9.76. The fourth-order valence-corrected chi connectivity index (χ4v) is 3.55. The van der Waals surface area contributed by atoms with Crippen molar-refractivity contribution in [1.29, 1.82) is 0 Å². The van der Waals surface area contributed by atoms with Crippen LogP contribution < -0.4 is 0 Å². The van der Waals surface area contributed by atoms with E-state index >= 15 is 0 Å². The third-order valence-corrected chi connectivity index (χ3v) is 4.89. The van der Waals surface area contributed by atoms with Crippen LogP contribution in [0.15, 0.2) is 11.6 Å². The summed E-state index contributed by atoms with van der Waals surface area (Å²) in [5.74, 6) is -1.13. The van der Waals surface area contributed by atoms with Crippen molar-refractivity contribution in [2.24, 2.45) is 11.8 Å². The van der Waals surface area contributed by atoms with Crippen LogP contribution in [-0.2, 0) is 0 Å². The van der Waals surface area contributed by atoms with Crippen molar-refractivity contribution in [1.82, 2.24) is 0 Å². The van der Waals surface area contributed by atoms with Crippen LogP contribution in [0.3, 0.4) is 0 Å². The molecule has 1 unspecified atom stereocenters. The maximum atomic E-state index is 12.6. The third kappa shape index (κ3) is 4.24. The number of rotatable bonds is 2. The highest BCUT2D eigenvalue weighted by Crippen LogP contribution is 2.41. The van der Waals surface area contributed by atoms with Gasteiger partial charge in [-0.25, -0.2) is 0 Å². The van der Waals surface area contributed by atoms with Gasteiger partial charge in [-0.2, -0.15) is 13.2 Å². The number of alkyl halides is 3. The average molecular weight is 290 g/mol. The smallest absolute Gasteiger partial charge is 0.388 e. The van der Waals surface area contributed by atoms with Gasteiger partial charge >= 0.3 is 6.18 Å². The summed E-state index contributed by atoms with van der Waals surface area (Å²) in [6.45, 7) is 0. The molecule has 0 heterocycles. The Hall–Kier alpha value is -0.510. The van der Waals surface area contributed by atoms with Gasteiger partial charge < -0.3 is 5.11 Å². The maximum Gasteiger partial charge on any atom is 0.391 e. The number of hydrogen-bond acceptors (Lipinski definition) is 1. The first-order valence-corrected chi connectivity index (χ1v) is 7.92. The Labute approximate surface area is 119 Å². The van der Waals surface area contributed by atoms with E-state index in [2.05, 4.69) is 6.08 Å². The summed E-state index contributed by atoms with van der Waals surface area (Å²) in [6.07, 6.45) is 5.56. The number of aliphatic hydroxyl groups excluding tert-OH is 1. The lowest BCUT2D eigenvalue weighted by molar-refractivity contribution is -0.185. The van der Waals surface area contributed by atoms with E-state index in [-0.39, 0.29) is 18.8 Å². The second-order valence-electron chi connectivity index (χ2n) is 6.33. The highest BCUT2D eigenvalue weighted by molar-refractivity contribution is 5.11. The molecule has 2 rings (SSSR count). The molecule has 1 nitrogen and oxygen atoms in total. The number of hydrogen-bond donors (Lipinski definition) is 1. The molecular formula is C16H25F3O. The normalized spacial score (nSPS) is 31.1. The topological polar surface area (TPSA) is 20.2 Å². The highest BCUT2D eigenvalue weighted by atomic mass is 19.4. The van der Waals surface area contributed by atoms with Gasteiger partial charge in [0.15, 0.2) is 0 Å². The predicted octanol–water partition coefficient (Wildman–Crippen LogP) is 5.00. The molecule has 2 aliphatic rings. The molecule has 0 aromatic carbocycles. The molecule has 20 heavy (non-hydrogen) atoms. The molecule has 2 aliphatic carbocycles. The molecule has 4 heteroatoms. The van der Waals surface area contributed by atoms with Gasteiger partial charge in [0.25, 0.3) is 0 Å². The zero-order valence-corrected chi connectivity index (χ0v) is 12.0. The number of halogens is 3. The molecule has 0 spiro atoms. The second-order valence-corrected chi connectivity index (χ2v) is 6.33. The van der Waals surface area contributed by atoms with Gasteiger partial charge in [-0.1, -0.05) is 18.9 Å². The van der Waals surface area contributed by atoms with Crippen LogP contribution in [0.2, 0.25) is 0 Å². The maximum absolute atomic E-state index is 12.6. The molecule has 0 radical (unpaired) electrons. The van der Waals surface area contributed by atoms with Crippen molar-refractivity contribution in [2.45, 2.75) is 76.5 Å². The average Bonchev–Trinajstić information content (AvgIpc) is 2.37. The van der Waals surface area contributed by atoms with E-state index in [1.54, 1.807) is 0 Å². The molecule has 1 N–H and O–H groups in total. The van der Waals surface area contributed by atoms with Gasteiger partial charge in [0.1, 0.15) is 0 Å². The molecule has 0 bridgehead atoms. The first kappa shape index (κ1) is 15.9. The van der Waals surface area contributed by atoms with Crippen molar-refractivity contribution < 1.29 is 18.3 Å². The number of aliphatic hydroxyl groups is 1. The van der Waals surface area contributed by atoms with Crippen LogP contribution in [0.4, 0.5) is 13.2 Å². The second kappa shape index (κ2) is 6.97. The van der Waals surface area contributed by atoms with Crippen LogP contribution in [-0.4, -0.2) is 17.4 Å². The van der Waals surface area contributed by atoms with E-state index in [0.29, 0.717) is 12.8 Å². The minimum atomic E-state index is -4.06. The molecule has 1 saturated carbocycles. The van der Waals surface area contributed by atoms with E-state index in [4.69, 9.17) is 0 Å². The van der Waals surface area contributed by atoms with E-state index < -0.39 is 18.2 Å². The van der Waals surface area contributed by atoms with Crippen LogP contribution in [0.5, 0.6) is 0 Å². The van der Waals surface area contributed by atoms with Crippen molar-refractivity contribution in [3.8, 4) is 0 Å². The molecule has 0 aromatic rings. The van der Waals surface area contributed by atoms with Crippen molar-refractivity contribution in [3.05, 3.63) is 11.6 Å². The Bertz CT molecular complexity index is 327. The standard InChI is InChI=1S/C16H25F3O/c17-16(18,19)14-10-8-13(9-11-14)15(20)12-6-4-2-1-3-5-7-12/h6,13-15,20H,1-5,7-11H2. The number of allylic oxidation sites excluding steroid dienone is 1. The van der Waals surface area contributed by atoms with Gasteiger partial charge in [-0.05, 0) is 62.9 Å². The first-order chi connectivity index (χ1) is 9.48. The van der Waals surface area contributed by atoms with Crippen molar-refractivity contribution in [3.63, 3.8) is 0 Å². The minimum Gasteiger partial charge on any atom is -0.388 e. The molecule has 0 saturated heterocycles. The predicted molar refractivity (Wildman–Crippen MR) is 73.3 cm³/mol. The summed E-state index contributed by atoms with van der Waals surface area (Å²) < 4.78 is 37.9. The zero-order valence-electron chi connectivity index (χ0n) is 12.0. The lowest BCUT2D eigenvalue weighted by Gasteiger charge is -2.33. The summed E-state index contributed by atoms with van der Waals surface area (Å²) in [5.41, 5.74) is 1.08. The highest BCUT2D eigenvalue weighted by Gasteiger charge is 2.42. The van der Waals surface area contributed by atoms with E-state index in [1.807, 2.05) is 0 Å². The molecule has 0 amide bonds. The SMILES string of the molecule is OC(C1=CCCCCCC1)C1CCC(C(F)(F)F)CC1. The van der Waals surface area contributed by atoms with Gasteiger partial charge in [-0.15, -0.1) is 0 Å².